The van der Waals surface area contributed by atoms with E-state index in [0.717, 1.165) is 25.1 Å². The molecule has 1 atom stereocenters. The SMILES string of the molecule is CCc1noc2ncc(S(=O)(=O)N3CCCC(CNC)C3)cc12.Cl. The molecule has 7 nitrogen and oxygen atoms in total. The van der Waals surface area contributed by atoms with Crippen molar-refractivity contribution in [3.63, 3.8) is 0 Å². The first kappa shape index (κ1) is 19.1. The van der Waals surface area contributed by atoms with Crippen LogP contribution in [0.25, 0.3) is 11.1 Å². The molecule has 3 heterocycles. The zero-order valence-corrected chi connectivity index (χ0v) is 15.5. The van der Waals surface area contributed by atoms with E-state index < -0.39 is 10.0 Å². The molecule has 0 bridgehead atoms. The summed E-state index contributed by atoms with van der Waals surface area (Å²) in [6.45, 7) is 3.89. The molecule has 0 radical (unpaired) electrons. The summed E-state index contributed by atoms with van der Waals surface area (Å²) in [7, 11) is -1.64. The number of hydrogen-bond acceptors (Lipinski definition) is 6. The Morgan fingerprint density at radius 3 is 2.96 bits per heavy atom. The van der Waals surface area contributed by atoms with Crippen LogP contribution in [0.4, 0.5) is 0 Å². The van der Waals surface area contributed by atoms with E-state index in [2.05, 4.69) is 15.5 Å². The summed E-state index contributed by atoms with van der Waals surface area (Å²) in [6, 6.07) is 1.63. The summed E-state index contributed by atoms with van der Waals surface area (Å²) >= 11 is 0. The minimum Gasteiger partial charge on any atom is -0.336 e. The number of nitrogens with one attached hydrogen (secondary N) is 1. The first-order valence-corrected chi connectivity index (χ1v) is 9.39. The highest BCUT2D eigenvalue weighted by atomic mass is 35.5. The van der Waals surface area contributed by atoms with Gasteiger partial charge in [-0.15, -0.1) is 12.4 Å². The van der Waals surface area contributed by atoms with Gasteiger partial charge in [0.25, 0.3) is 5.71 Å². The summed E-state index contributed by atoms with van der Waals surface area (Å²) in [5, 5.41) is 7.74. The third kappa shape index (κ3) is 3.56. The van der Waals surface area contributed by atoms with E-state index in [1.165, 1.54) is 6.20 Å². The number of aromatic nitrogens is 2. The minimum atomic E-state index is -3.53. The van der Waals surface area contributed by atoms with Crippen molar-refractivity contribution in [2.24, 2.45) is 5.92 Å². The van der Waals surface area contributed by atoms with Gasteiger partial charge in [0.15, 0.2) is 0 Å². The number of halogens is 1. The molecule has 3 rings (SSSR count). The Kier molecular flexibility index (Phi) is 6.19. The molecule has 1 N–H and O–H groups in total. The molecule has 0 aromatic carbocycles. The van der Waals surface area contributed by atoms with E-state index in [1.54, 1.807) is 10.4 Å². The second-order valence-corrected chi connectivity index (χ2v) is 7.87. The quantitative estimate of drug-likeness (QED) is 0.858. The average molecular weight is 375 g/mol. The molecule has 1 fully saturated rings. The Labute approximate surface area is 148 Å². The molecular formula is C15H23ClN4O3S. The summed E-state index contributed by atoms with van der Waals surface area (Å²) in [6.07, 6.45) is 3.97. The largest absolute Gasteiger partial charge is 0.336 e. The number of fused-ring (bicyclic) bond motifs is 1. The number of piperidine rings is 1. The second kappa shape index (κ2) is 7.77. The molecule has 2 aromatic rings. The third-order valence-corrected chi connectivity index (χ3v) is 6.16. The lowest BCUT2D eigenvalue weighted by molar-refractivity contribution is 0.263. The fourth-order valence-electron chi connectivity index (χ4n) is 3.11. The van der Waals surface area contributed by atoms with E-state index in [1.807, 2.05) is 14.0 Å². The van der Waals surface area contributed by atoms with Crippen LogP contribution in [0.5, 0.6) is 0 Å². The van der Waals surface area contributed by atoms with Crippen molar-refractivity contribution >= 4 is 33.5 Å². The molecule has 1 saturated heterocycles. The zero-order valence-electron chi connectivity index (χ0n) is 13.9. The molecule has 2 aromatic heterocycles. The third-order valence-electron chi connectivity index (χ3n) is 4.33. The van der Waals surface area contributed by atoms with Gasteiger partial charge in [0.1, 0.15) is 4.90 Å². The molecule has 0 amide bonds. The van der Waals surface area contributed by atoms with Gasteiger partial charge in [-0.25, -0.2) is 13.4 Å². The maximum Gasteiger partial charge on any atom is 0.258 e. The molecular weight excluding hydrogens is 352 g/mol. The van der Waals surface area contributed by atoms with Crippen molar-refractivity contribution in [3.05, 3.63) is 18.0 Å². The highest BCUT2D eigenvalue weighted by Crippen LogP contribution is 2.26. The number of pyridine rings is 1. The van der Waals surface area contributed by atoms with Crippen molar-refractivity contribution in [2.75, 3.05) is 26.7 Å². The van der Waals surface area contributed by atoms with Crippen molar-refractivity contribution in [1.29, 1.82) is 0 Å². The van der Waals surface area contributed by atoms with Crippen LogP contribution < -0.4 is 5.32 Å². The number of nitrogens with zero attached hydrogens (tertiary/aromatic N) is 3. The predicted octanol–water partition coefficient (Wildman–Crippen LogP) is 1.83. The van der Waals surface area contributed by atoms with Crippen LogP contribution in [-0.4, -0.2) is 49.5 Å². The second-order valence-electron chi connectivity index (χ2n) is 5.94. The molecule has 24 heavy (non-hydrogen) atoms. The summed E-state index contributed by atoms with van der Waals surface area (Å²) in [5.74, 6) is 0.349. The Morgan fingerprint density at radius 1 is 1.46 bits per heavy atom. The van der Waals surface area contributed by atoms with Crippen LogP contribution in [0, 0.1) is 5.92 Å². The topological polar surface area (TPSA) is 88.3 Å². The number of rotatable bonds is 5. The first-order chi connectivity index (χ1) is 11.1. The van der Waals surface area contributed by atoms with Crippen molar-refractivity contribution in [1.82, 2.24) is 19.8 Å². The van der Waals surface area contributed by atoms with Gasteiger partial charge in [-0.05, 0) is 44.8 Å². The molecule has 1 aliphatic heterocycles. The lowest BCUT2D eigenvalue weighted by Crippen LogP contribution is -2.42. The standard InChI is InChI=1S/C15H22N4O3S.ClH/c1-3-14-13-7-12(9-17-15(13)22-18-14)23(20,21)19-6-4-5-11(10-19)8-16-2;/h7,9,11,16H,3-6,8,10H2,1-2H3;1H. The number of hydrogen-bond donors (Lipinski definition) is 1. The van der Waals surface area contributed by atoms with Crippen LogP contribution in [0.15, 0.2) is 21.7 Å². The van der Waals surface area contributed by atoms with Gasteiger partial charge >= 0.3 is 0 Å². The van der Waals surface area contributed by atoms with Gasteiger partial charge < -0.3 is 9.84 Å². The average Bonchev–Trinajstić information content (AvgIpc) is 2.97. The van der Waals surface area contributed by atoms with Crippen LogP contribution in [0.1, 0.15) is 25.5 Å². The zero-order chi connectivity index (χ0) is 16.4. The number of sulfonamides is 1. The van der Waals surface area contributed by atoms with Gasteiger partial charge in [0.2, 0.25) is 10.0 Å². The van der Waals surface area contributed by atoms with Gasteiger partial charge in [0.05, 0.1) is 17.3 Å². The van der Waals surface area contributed by atoms with Crippen LogP contribution >= 0.6 is 12.4 Å². The van der Waals surface area contributed by atoms with Crippen LogP contribution in [0.2, 0.25) is 0 Å². The monoisotopic (exact) mass is 374 g/mol. The summed E-state index contributed by atoms with van der Waals surface area (Å²) in [5.41, 5.74) is 1.11. The van der Waals surface area contributed by atoms with Gasteiger partial charge in [-0.2, -0.15) is 4.31 Å². The van der Waals surface area contributed by atoms with Crippen molar-refractivity contribution in [3.8, 4) is 0 Å². The molecule has 0 spiro atoms. The fourth-order valence-corrected chi connectivity index (χ4v) is 4.63. The summed E-state index contributed by atoms with van der Waals surface area (Å²) in [4.78, 5) is 4.33. The van der Waals surface area contributed by atoms with Gasteiger partial charge in [-0.3, -0.25) is 0 Å². The first-order valence-electron chi connectivity index (χ1n) is 7.95. The predicted molar refractivity (Wildman–Crippen MR) is 93.8 cm³/mol. The van der Waals surface area contributed by atoms with E-state index in [0.29, 0.717) is 36.5 Å². The fraction of sp³-hybridized carbons (Fsp3) is 0.600. The summed E-state index contributed by atoms with van der Waals surface area (Å²) < 4.78 is 32.5. The van der Waals surface area contributed by atoms with E-state index in [-0.39, 0.29) is 17.3 Å². The normalized spacial score (nSPS) is 19.3. The number of aryl methyl sites for hydroxylation is 1. The lowest BCUT2D eigenvalue weighted by atomic mass is 10.00. The Morgan fingerprint density at radius 2 is 2.25 bits per heavy atom. The van der Waals surface area contributed by atoms with Gasteiger partial charge in [0, 0.05) is 13.1 Å². The molecule has 9 heteroatoms. The lowest BCUT2D eigenvalue weighted by Gasteiger charge is -2.31. The van der Waals surface area contributed by atoms with E-state index >= 15 is 0 Å². The molecule has 134 valence electrons. The van der Waals surface area contributed by atoms with Crippen molar-refractivity contribution in [2.45, 2.75) is 31.1 Å². The molecule has 1 unspecified atom stereocenters. The van der Waals surface area contributed by atoms with Gasteiger partial charge in [-0.1, -0.05) is 12.1 Å². The maximum atomic E-state index is 12.9. The molecule has 0 saturated carbocycles. The van der Waals surface area contributed by atoms with Crippen molar-refractivity contribution < 1.29 is 12.9 Å². The highest BCUT2D eigenvalue weighted by Gasteiger charge is 2.30. The van der Waals surface area contributed by atoms with E-state index in [9.17, 15) is 8.42 Å². The Hall–Kier alpha value is -1.22. The maximum absolute atomic E-state index is 12.9. The Bertz CT molecular complexity index is 791. The van der Waals surface area contributed by atoms with E-state index in [4.69, 9.17) is 4.52 Å². The molecule has 1 aliphatic rings. The highest BCUT2D eigenvalue weighted by molar-refractivity contribution is 7.89. The van der Waals surface area contributed by atoms with Crippen LogP contribution in [0.3, 0.4) is 0 Å². The smallest absolute Gasteiger partial charge is 0.258 e. The Balaban J connectivity index is 0.00000208. The van der Waals surface area contributed by atoms with Crippen LogP contribution in [-0.2, 0) is 16.4 Å². The minimum absolute atomic E-state index is 0. The molecule has 0 aliphatic carbocycles.